The molecule has 0 aromatic heterocycles. The van der Waals surface area contributed by atoms with Gasteiger partial charge < -0.3 is 20.1 Å². The maximum absolute atomic E-state index is 12.3. The van der Waals surface area contributed by atoms with Crippen molar-refractivity contribution in [1.29, 1.82) is 0 Å². The second kappa shape index (κ2) is 10.9. The van der Waals surface area contributed by atoms with Crippen LogP contribution in [0.15, 0.2) is 42.5 Å². The number of carbonyl (C=O) groups is 2. The van der Waals surface area contributed by atoms with Gasteiger partial charge in [0.15, 0.2) is 11.5 Å². The summed E-state index contributed by atoms with van der Waals surface area (Å²) in [6, 6.07) is 10.9. The molecule has 0 heterocycles. The highest BCUT2D eigenvalue weighted by molar-refractivity contribution is 6.03. The molecule has 0 atom stereocenters. The fraction of sp³-hybridized carbons (Fsp3) is 0.304. The third-order valence-corrected chi connectivity index (χ3v) is 4.27. The van der Waals surface area contributed by atoms with E-state index in [0.29, 0.717) is 29.5 Å². The van der Waals surface area contributed by atoms with Gasteiger partial charge in [0.1, 0.15) is 0 Å². The van der Waals surface area contributed by atoms with E-state index < -0.39 is 0 Å². The zero-order valence-corrected chi connectivity index (χ0v) is 17.4. The molecule has 0 spiro atoms. The number of nitrogens with one attached hydrogen (secondary N) is 2. The summed E-state index contributed by atoms with van der Waals surface area (Å²) in [7, 11) is 1.59. The van der Waals surface area contributed by atoms with Crippen molar-refractivity contribution >= 4 is 29.3 Å². The second-order valence-electron chi connectivity index (χ2n) is 6.59. The van der Waals surface area contributed by atoms with Crippen LogP contribution in [0.25, 0.3) is 6.08 Å². The molecular formula is C23H28N2O4. The minimum absolute atomic E-state index is 0.160. The first-order chi connectivity index (χ1) is 13.9. The summed E-state index contributed by atoms with van der Waals surface area (Å²) in [6.07, 6.45) is 5.20. The van der Waals surface area contributed by atoms with Crippen molar-refractivity contribution in [3.05, 3.63) is 53.6 Å². The first-order valence-corrected chi connectivity index (χ1v) is 9.61. The van der Waals surface area contributed by atoms with Gasteiger partial charge in [-0.25, -0.2) is 0 Å². The number of methoxy groups -OCH3 is 1. The molecule has 29 heavy (non-hydrogen) atoms. The molecule has 0 bridgehead atoms. The van der Waals surface area contributed by atoms with E-state index in [4.69, 9.17) is 9.47 Å². The summed E-state index contributed by atoms with van der Waals surface area (Å²) in [5, 5.41) is 5.58. The van der Waals surface area contributed by atoms with E-state index in [2.05, 4.69) is 17.6 Å². The predicted octanol–water partition coefficient (Wildman–Crippen LogP) is 4.79. The summed E-state index contributed by atoms with van der Waals surface area (Å²) in [6.45, 7) is 6.03. The number of amides is 2. The molecule has 2 aromatic carbocycles. The van der Waals surface area contributed by atoms with Crippen molar-refractivity contribution in [3.63, 3.8) is 0 Å². The minimum atomic E-state index is -0.268. The van der Waals surface area contributed by atoms with Crippen LogP contribution in [-0.4, -0.2) is 25.5 Å². The van der Waals surface area contributed by atoms with E-state index in [1.807, 2.05) is 25.1 Å². The molecule has 0 radical (unpaired) electrons. The number of hydrogen-bond donors (Lipinski definition) is 2. The van der Waals surface area contributed by atoms with Crippen LogP contribution < -0.4 is 20.1 Å². The summed E-state index contributed by atoms with van der Waals surface area (Å²) in [5.74, 6) is 0.887. The van der Waals surface area contributed by atoms with Crippen LogP contribution in [0.2, 0.25) is 0 Å². The van der Waals surface area contributed by atoms with Crippen LogP contribution in [-0.2, 0) is 9.59 Å². The zero-order chi connectivity index (χ0) is 21.2. The van der Waals surface area contributed by atoms with Crippen molar-refractivity contribution in [2.75, 3.05) is 24.4 Å². The fourth-order valence-electron chi connectivity index (χ4n) is 2.68. The Morgan fingerprint density at radius 2 is 1.79 bits per heavy atom. The van der Waals surface area contributed by atoms with Gasteiger partial charge >= 0.3 is 0 Å². The monoisotopic (exact) mass is 396 g/mol. The van der Waals surface area contributed by atoms with Crippen LogP contribution in [0, 0.1) is 6.92 Å². The van der Waals surface area contributed by atoms with Crippen molar-refractivity contribution in [2.24, 2.45) is 0 Å². The van der Waals surface area contributed by atoms with Crippen LogP contribution in [0.3, 0.4) is 0 Å². The number of unbranched alkanes of at least 4 members (excludes halogenated alkanes) is 1. The average molecular weight is 396 g/mol. The van der Waals surface area contributed by atoms with Gasteiger partial charge in [-0.05, 0) is 54.8 Å². The van der Waals surface area contributed by atoms with Gasteiger partial charge in [-0.1, -0.05) is 25.5 Å². The van der Waals surface area contributed by atoms with E-state index in [1.54, 1.807) is 31.4 Å². The van der Waals surface area contributed by atoms with Gasteiger partial charge in [-0.3, -0.25) is 9.59 Å². The van der Waals surface area contributed by atoms with E-state index in [0.717, 1.165) is 24.0 Å². The summed E-state index contributed by atoms with van der Waals surface area (Å²) in [4.78, 5) is 23.6. The number of benzene rings is 2. The molecule has 0 unspecified atom stereocenters. The van der Waals surface area contributed by atoms with E-state index in [-0.39, 0.29) is 11.8 Å². The molecule has 6 nitrogen and oxygen atoms in total. The molecule has 2 N–H and O–H groups in total. The van der Waals surface area contributed by atoms with Crippen LogP contribution in [0.4, 0.5) is 11.4 Å². The summed E-state index contributed by atoms with van der Waals surface area (Å²) in [5.41, 5.74) is 2.93. The highest BCUT2D eigenvalue weighted by Crippen LogP contribution is 2.29. The van der Waals surface area contributed by atoms with Crippen LogP contribution in [0.1, 0.15) is 37.8 Å². The quantitative estimate of drug-likeness (QED) is 0.472. The van der Waals surface area contributed by atoms with E-state index in [9.17, 15) is 9.59 Å². The number of hydrogen-bond acceptors (Lipinski definition) is 4. The lowest BCUT2D eigenvalue weighted by atomic mass is 10.1. The second-order valence-corrected chi connectivity index (χ2v) is 6.59. The number of ether oxygens (including phenoxy) is 2. The van der Waals surface area contributed by atoms with Crippen molar-refractivity contribution in [2.45, 2.75) is 33.6 Å². The summed E-state index contributed by atoms with van der Waals surface area (Å²) >= 11 is 0. The molecule has 2 amide bonds. The Kier molecular flexibility index (Phi) is 8.27. The zero-order valence-electron chi connectivity index (χ0n) is 17.4. The third kappa shape index (κ3) is 6.68. The minimum Gasteiger partial charge on any atom is -0.493 e. The van der Waals surface area contributed by atoms with E-state index in [1.165, 1.54) is 13.0 Å². The lowest BCUT2D eigenvalue weighted by molar-refractivity contribution is -0.114. The predicted molar refractivity (Wildman–Crippen MR) is 117 cm³/mol. The van der Waals surface area contributed by atoms with Crippen LogP contribution in [0.5, 0.6) is 11.5 Å². The first-order valence-electron chi connectivity index (χ1n) is 9.61. The molecular weight excluding hydrogens is 368 g/mol. The molecule has 154 valence electrons. The van der Waals surface area contributed by atoms with Crippen molar-refractivity contribution in [1.82, 2.24) is 0 Å². The Morgan fingerprint density at radius 1 is 1.07 bits per heavy atom. The fourth-order valence-corrected chi connectivity index (χ4v) is 2.68. The molecule has 0 aliphatic heterocycles. The standard InChI is InChI=1S/C23H28N2O4/c1-5-6-14-29-21-12-10-18(15-22(21)28-4)11-13-23(27)25-20-9-7-8-19(16(20)2)24-17(3)26/h7-13,15H,5-6,14H2,1-4H3,(H,24,26)(H,25,27)/b13-11+. The smallest absolute Gasteiger partial charge is 0.248 e. The Hall–Kier alpha value is -3.28. The Bertz CT molecular complexity index is 890. The van der Waals surface area contributed by atoms with Crippen molar-refractivity contribution in [3.8, 4) is 11.5 Å². The SMILES string of the molecule is CCCCOc1ccc(/C=C/C(=O)Nc2cccc(NC(C)=O)c2C)cc1OC. The normalized spacial score (nSPS) is 10.6. The van der Waals surface area contributed by atoms with Gasteiger partial charge in [0.2, 0.25) is 11.8 Å². The Labute approximate surface area is 171 Å². The highest BCUT2D eigenvalue weighted by Gasteiger charge is 2.08. The number of carbonyl (C=O) groups excluding carboxylic acids is 2. The Morgan fingerprint density at radius 3 is 2.45 bits per heavy atom. The summed E-state index contributed by atoms with van der Waals surface area (Å²) < 4.78 is 11.1. The highest BCUT2D eigenvalue weighted by atomic mass is 16.5. The molecule has 0 aliphatic rings. The molecule has 0 saturated heterocycles. The van der Waals surface area contributed by atoms with E-state index >= 15 is 0 Å². The van der Waals surface area contributed by atoms with Gasteiger partial charge in [0.05, 0.1) is 13.7 Å². The number of anilines is 2. The molecule has 2 rings (SSSR count). The lowest BCUT2D eigenvalue weighted by Crippen LogP contribution is -2.12. The average Bonchev–Trinajstić information content (AvgIpc) is 2.70. The van der Waals surface area contributed by atoms with Crippen molar-refractivity contribution < 1.29 is 19.1 Å². The number of rotatable bonds is 9. The van der Waals surface area contributed by atoms with Gasteiger partial charge in [0, 0.05) is 24.4 Å². The first kappa shape index (κ1) is 22.0. The molecule has 0 fully saturated rings. The molecule has 6 heteroatoms. The van der Waals surface area contributed by atoms with Gasteiger partial charge in [-0.15, -0.1) is 0 Å². The molecule has 0 saturated carbocycles. The van der Waals surface area contributed by atoms with Gasteiger partial charge in [0.25, 0.3) is 0 Å². The largest absolute Gasteiger partial charge is 0.493 e. The van der Waals surface area contributed by atoms with Crippen LogP contribution >= 0.6 is 0 Å². The molecule has 0 aliphatic carbocycles. The topological polar surface area (TPSA) is 76.7 Å². The molecule has 2 aromatic rings. The maximum Gasteiger partial charge on any atom is 0.248 e. The maximum atomic E-state index is 12.3. The van der Waals surface area contributed by atoms with Gasteiger partial charge in [-0.2, -0.15) is 0 Å². The lowest BCUT2D eigenvalue weighted by Gasteiger charge is -2.12. The Balaban J connectivity index is 2.06. The third-order valence-electron chi connectivity index (χ3n) is 4.27.